The Morgan fingerprint density at radius 3 is 2.72 bits per heavy atom. The van der Waals surface area contributed by atoms with Crippen molar-refractivity contribution in [1.82, 2.24) is 0 Å². The number of ether oxygens (including phenoxy) is 4. The van der Waals surface area contributed by atoms with Crippen LogP contribution in [-0.2, 0) is 33.3 Å². The molecular weight excluding hydrogens is 376 g/mol. The van der Waals surface area contributed by atoms with Gasteiger partial charge in [0.1, 0.15) is 24.6 Å². The number of hydrogen-bond donors (Lipinski definition) is 0. The molecule has 7 nitrogen and oxygen atoms in total. The fraction of sp³-hybridized carbons (Fsp3) is 0.591. The van der Waals surface area contributed by atoms with Gasteiger partial charge in [0.2, 0.25) is 0 Å². The van der Waals surface area contributed by atoms with E-state index in [0.717, 1.165) is 11.9 Å². The lowest BCUT2D eigenvalue weighted by molar-refractivity contribution is -0.166. The molecule has 29 heavy (non-hydrogen) atoms. The van der Waals surface area contributed by atoms with Crippen molar-refractivity contribution < 1.29 is 33.3 Å². The van der Waals surface area contributed by atoms with Crippen molar-refractivity contribution in [2.45, 2.75) is 70.6 Å². The molecule has 0 bridgehead atoms. The van der Waals surface area contributed by atoms with Crippen molar-refractivity contribution in [2.24, 2.45) is 5.92 Å². The van der Waals surface area contributed by atoms with Gasteiger partial charge < -0.3 is 18.9 Å². The molecule has 2 saturated heterocycles. The number of fused-ring (bicyclic) bond motifs is 1. The first-order valence-corrected chi connectivity index (χ1v) is 9.95. The lowest BCUT2D eigenvalue weighted by atomic mass is 9.83. The highest BCUT2D eigenvalue weighted by Gasteiger charge is 2.59. The summed E-state index contributed by atoms with van der Waals surface area (Å²) in [5.41, 5.74) is 0.529. The fourth-order valence-corrected chi connectivity index (χ4v) is 3.86. The molecule has 2 heterocycles. The van der Waals surface area contributed by atoms with Crippen LogP contribution in [0.3, 0.4) is 0 Å². The summed E-state index contributed by atoms with van der Waals surface area (Å²) >= 11 is 0. The molecule has 0 N–H and O–H groups in total. The van der Waals surface area contributed by atoms with Gasteiger partial charge in [-0.15, -0.1) is 0 Å². The standard InChI is InChI=1S/C22H28O7/c1-6-26-18-15(11-23)9-7-8-12(2)10-16-17(13(3)20(24)27-16)19(18)28-21(25)22(5)14(4)29-22/h9-11,14,16-19H,3,6-8H2,1-2,4-5H3/b12-10-,15-9-/t14-,16+,17-,18-,19-,22-/m0/s1. The number of rotatable bonds is 5. The molecule has 0 saturated carbocycles. The average Bonchev–Trinajstić information content (AvgIpc) is 3.20. The number of allylic oxidation sites excluding steroid dienone is 2. The first-order chi connectivity index (χ1) is 13.7. The predicted octanol–water partition coefficient (Wildman–Crippen LogP) is 2.44. The molecule has 0 aromatic carbocycles. The molecule has 2 aliphatic heterocycles. The van der Waals surface area contributed by atoms with Crippen LogP contribution in [0.5, 0.6) is 0 Å². The number of carbonyl (C=O) groups excluding carboxylic acids is 3. The van der Waals surface area contributed by atoms with Crippen LogP contribution in [0.25, 0.3) is 0 Å². The predicted molar refractivity (Wildman–Crippen MR) is 104 cm³/mol. The molecule has 0 aromatic rings. The minimum Gasteiger partial charge on any atom is -0.456 e. The lowest BCUT2D eigenvalue weighted by Gasteiger charge is -2.33. The molecule has 1 aliphatic carbocycles. The molecule has 7 heteroatoms. The molecule has 0 amide bonds. The zero-order valence-electron chi connectivity index (χ0n) is 17.3. The van der Waals surface area contributed by atoms with Gasteiger partial charge in [-0.2, -0.15) is 0 Å². The maximum Gasteiger partial charge on any atom is 0.341 e. The first-order valence-electron chi connectivity index (χ1n) is 9.95. The summed E-state index contributed by atoms with van der Waals surface area (Å²) in [5, 5.41) is 0. The molecule has 0 aromatic heterocycles. The van der Waals surface area contributed by atoms with E-state index in [0.29, 0.717) is 25.0 Å². The fourth-order valence-electron chi connectivity index (χ4n) is 3.86. The Morgan fingerprint density at radius 2 is 2.14 bits per heavy atom. The van der Waals surface area contributed by atoms with Crippen molar-refractivity contribution in [1.29, 1.82) is 0 Å². The number of epoxide rings is 1. The van der Waals surface area contributed by atoms with Gasteiger partial charge in [-0.3, -0.25) is 4.79 Å². The Balaban J connectivity index is 2.06. The maximum atomic E-state index is 12.9. The van der Waals surface area contributed by atoms with Gasteiger partial charge in [-0.25, -0.2) is 9.59 Å². The Bertz CT molecular complexity index is 780. The minimum atomic E-state index is -1.05. The van der Waals surface area contributed by atoms with E-state index in [1.54, 1.807) is 26.8 Å². The SMILES string of the molecule is C=C1C(=O)O[C@@H]2/C=C(/C)CC/C=C(/C=O)[C@H](OCC)[C@@H](OC(=O)[C@@]3(C)O[C@H]3C)[C@@H]12. The van der Waals surface area contributed by atoms with E-state index in [1.807, 2.05) is 13.0 Å². The van der Waals surface area contributed by atoms with Gasteiger partial charge in [-0.05, 0) is 46.6 Å². The molecule has 3 rings (SSSR count). The van der Waals surface area contributed by atoms with E-state index in [4.69, 9.17) is 18.9 Å². The molecule has 0 spiro atoms. The molecule has 0 radical (unpaired) electrons. The van der Waals surface area contributed by atoms with Crippen molar-refractivity contribution >= 4 is 18.2 Å². The van der Waals surface area contributed by atoms with Crippen LogP contribution in [0.1, 0.15) is 40.5 Å². The first kappa shape index (κ1) is 21.5. The van der Waals surface area contributed by atoms with E-state index >= 15 is 0 Å². The van der Waals surface area contributed by atoms with Crippen LogP contribution in [0.2, 0.25) is 0 Å². The minimum absolute atomic E-state index is 0.197. The van der Waals surface area contributed by atoms with Crippen molar-refractivity contribution in [2.75, 3.05) is 6.61 Å². The molecule has 0 unspecified atom stereocenters. The van der Waals surface area contributed by atoms with Gasteiger partial charge >= 0.3 is 11.9 Å². The summed E-state index contributed by atoms with van der Waals surface area (Å²) in [6, 6.07) is 0. The van der Waals surface area contributed by atoms with Crippen LogP contribution in [-0.4, -0.2) is 54.8 Å². The summed E-state index contributed by atoms with van der Waals surface area (Å²) in [4.78, 5) is 37.0. The topological polar surface area (TPSA) is 91.4 Å². The highest BCUT2D eigenvalue weighted by atomic mass is 16.7. The quantitative estimate of drug-likeness (QED) is 0.228. The highest BCUT2D eigenvalue weighted by molar-refractivity contribution is 5.91. The van der Waals surface area contributed by atoms with Crippen LogP contribution < -0.4 is 0 Å². The van der Waals surface area contributed by atoms with Crippen LogP contribution in [0.15, 0.2) is 35.5 Å². The molecular formula is C22H28O7. The van der Waals surface area contributed by atoms with Crippen molar-refractivity contribution in [3.8, 4) is 0 Å². The third-order valence-corrected chi connectivity index (χ3v) is 5.88. The van der Waals surface area contributed by atoms with Gasteiger partial charge in [-0.1, -0.05) is 18.2 Å². The summed E-state index contributed by atoms with van der Waals surface area (Å²) in [5.74, 6) is -1.77. The number of carbonyl (C=O) groups is 3. The van der Waals surface area contributed by atoms with Crippen molar-refractivity contribution in [3.63, 3.8) is 0 Å². The summed E-state index contributed by atoms with van der Waals surface area (Å²) < 4.78 is 22.6. The number of aldehydes is 1. The van der Waals surface area contributed by atoms with Gasteiger partial charge in [0.15, 0.2) is 5.60 Å². The highest BCUT2D eigenvalue weighted by Crippen LogP contribution is 2.41. The lowest BCUT2D eigenvalue weighted by Crippen LogP contribution is -2.46. The van der Waals surface area contributed by atoms with Crippen LogP contribution in [0.4, 0.5) is 0 Å². The summed E-state index contributed by atoms with van der Waals surface area (Å²) in [6.07, 6.45) is 2.97. The average molecular weight is 404 g/mol. The Morgan fingerprint density at radius 1 is 1.45 bits per heavy atom. The third kappa shape index (κ3) is 4.07. The third-order valence-electron chi connectivity index (χ3n) is 5.88. The molecule has 2 fully saturated rings. The van der Waals surface area contributed by atoms with Crippen LogP contribution in [0, 0.1) is 5.92 Å². The van der Waals surface area contributed by atoms with Gasteiger partial charge in [0.05, 0.1) is 12.0 Å². The maximum absolute atomic E-state index is 12.9. The Hall–Kier alpha value is -2.25. The molecule has 158 valence electrons. The Kier molecular flexibility index (Phi) is 6.10. The second-order valence-corrected chi connectivity index (χ2v) is 7.91. The van der Waals surface area contributed by atoms with E-state index < -0.39 is 41.8 Å². The zero-order chi connectivity index (χ0) is 21.3. The van der Waals surface area contributed by atoms with Crippen LogP contribution >= 0.6 is 0 Å². The van der Waals surface area contributed by atoms with Gasteiger partial charge in [0, 0.05) is 17.8 Å². The summed E-state index contributed by atoms with van der Waals surface area (Å²) in [6.45, 7) is 11.3. The second-order valence-electron chi connectivity index (χ2n) is 7.91. The van der Waals surface area contributed by atoms with Crippen molar-refractivity contribution in [3.05, 3.63) is 35.5 Å². The van der Waals surface area contributed by atoms with E-state index in [2.05, 4.69) is 6.58 Å². The van der Waals surface area contributed by atoms with Gasteiger partial charge in [0.25, 0.3) is 0 Å². The normalized spacial score (nSPS) is 40.6. The van der Waals surface area contributed by atoms with E-state index in [-0.39, 0.29) is 11.7 Å². The summed E-state index contributed by atoms with van der Waals surface area (Å²) in [7, 11) is 0. The number of esters is 2. The molecule has 3 aliphatic rings. The number of hydrogen-bond acceptors (Lipinski definition) is 7. The van der Waals surface area contributed by atoms with E-state index in [9.17, 15) is 14.4 Å². The zero-order valence-corrected chi connectivity index (χ0v) is 17.3. The second kappa shape index (κ2) is 8.24. The largest absolute Gasteiger partial charge is 0.456 e. The smallest absolute Gasteiger partial charge is 0.341 e. The monoisotopic (exact) mass is 404 g/mol. The van der Waals surface area contributed by atoms with E-state index in [1.165, 1.54) is 0 Å². The molecule has 6 atom stereocenters. The Labute approximate surface area is 170 Å².